The van der Waals surface area contributed by atoms with E-state index in [4.69, 9.17) is 10.5 Å². The minimum absolute atomic E-state index is 0.0186. The van der Waals surface area contributed by atoms with Crippen LogP contribution in [0.25, 0.3) is 10.2 Å². The molecule has 8 nitrogen and oxygen atoms in total. The predicted octanol–water partition coefficient (Wildman–Crippen LogP) is 2.95. The van der Waals surface area contributed by atoms with Crippen molar-refractivity contribution in [3.8, 4) is 5.75 Å². The largest absolute Gasteiger partial charge is 0.497 e. The molecule has 0 unspecified atom stereocenters. The van der Waals surface area contributed by atoms with Crippen LogP contribution in [-0.4, -0.2) is 29.1 Å². The highest BCUT2D eigenvalue weighted by Crippen LogP contribution is 2.26. The molecule has 1 heterocycles. The first-order valence-electron chi connectivity index (χ1n) is 7.13. The van der Waals surface area contributed by atoms with Crippen molar-refractivity contribution in [2.45, 2.75) is 0 Å². The number of thiazole rings is 1. The first-order valence-corrected chi connectivity index (χ1v) is 7.94. The maximum atomic E-state index is 10.6. The molecule has 3 rings (SSSR count). The normalized spacial score (nSPS) is 12.0. The summed E-state index contributed by atoms with van der Waals surface area (Å²) in [7, 11) is 1.60. The van der Waals surface area contributed by atoms with Gasteiger partial charge < -0.3 is 10.5 Å². The molecule has 0 atom stereocenters. The quantitative estimate of drug-likeness (QED) is 0.327. The molecule has 0 bridgehead atoms. The van der Waals surface area contributed by atoms with Crippen molar-refractivity contribution < 1.29 is 9.66 Å². The molecule has 2 N–H and O–H groups in total. The summed E-state index contributed by atoms with van der Waals surface area (Å²) in [5, 5.41) is 19.0. The fraction of sp³-hybridized carbons (Fsp3) is 0.0625. The lowest BCUT2D eigenvalue weighted by Crippen LogP contribution is -2.12. The van der Waals surface area contributed by atoms with Crippen LogP contribution in [0.5, 0.6) is 5.75 Å². The molecule has 0 spiro atoms. The molecule has 0 aliphatic carbocycles. The molecular weight excluding hydrogens is 342 g/mol. The molecule has 9 heteroatoms. The van der Waals surface area contributed by atoms with Crippen LogP contribution in [0.3, 0.4) is 0 Å². The van der Waals surface area contributed by atoms with Gasteiger partial charge in [-0.1, -0.05) is 0 Å². The molecular formula is C16H13N5O3S. The number of methoxy groups -OCH3 is 1. The lowest BCUT2D eigenvalue weighted by atomic mass is 10.2. The van der Waals surface area contributed by atoms with Gasteiger partial charge in [0, 0.05) is 12.1 Å². The van der Waals surface area contributed by atoms with E-state index in [1.54, 1.807) is 19.2 Å². The van der Waals surface area contributed by atoms with E-state index in [0.717, 1.165) is 16.0 Å². The molecule has 0 radical (unpaired) electrons. The maximum absolute atomic E-state index is 10.6. The van der Waals surface area contributed by atoms with Gasteiger partial charge in [-0.25, -0.2) is 4.98 Å². The third-order valence-corrected chi connectivity index (χ3v) is 4.33. The van der Waals surface area contributed by atoms with Crippen LogP contribution < -0.4 is 10.5 Å². The second-order valence-corrected chi connectivity index (χ2v) is 5.96. The zero-order chi connectivity index (χ0) is 17.8. The summed E-state index contributed by atoms with van der Waals surface area (Å²) >= 11 is 1.39. The Morgan fingerprint density at radius 3 is 2.76 bits per heavy atom. The SMILES string of the molecule is COc1ccc2nc(/C(N)=N/N=C\c3ccc([N+](=O)[O-])cc3)sc2c1. The Bertz CT molecular complexity index is 979. The van der Waals surface area contributed by atoms with Crippen LogP contribution >= 0.6 is 11.3 Å². The number of hydrogen-bond donors (Lipinski definition) is 1. The standard InChI is InChI=1S/C16H13N5O3S/c1-24-12-6-7-13-14(8-12)25-16(19-13)15(17)20-18-9-10-2-4-11(5-3-10)21(22)23/h2-9H,1H3,(H2,17,20)/b18-9-. The Kier molecular flexibility index (Phi) is 4.66. The molecule has 25 heavy (non-hydrogen) atoms. The number of ether oxygens (including phenoxy) is 1. The van der Waals surface area contributed by atoms with Gasteiger partial charge in [-0.15, -0.1) is 16.4 Å². The molecule has 3 aromatic rings. The lowest BCUT2D eigenvalue weighted by molar-refractivity contribution is -0.384. The third kappa shape index (κ3) is 3.78. The number of aromatic nitrogens is 1. The predicted molar refractivity (Wildman–Crippen MR) is 97.6 cm³/mol. The van der Waals surface area contributed by atoms with Crippen LogP contribution in [0.4, 0.5) is 5.69 Å². The summed E-state index contributed by atoms with van der Waals surface area (Å²) in [4.78, 5) is 14.6. The zero-order valence-corrected chi connectivity index (χ0v) is 13.9. The molecule has 0 aliphatic rings. The minimum Gasteiger partial charge on any atom is -0.497 e. The van der Waals surface area contributed by atoms with Gasteiger partial charge in [0.15, 0.2) is 10.8 Å². The van der Waals surface area contributed by atoms with Crippen molar-refractivity contribution in [1.82, 2.24) is 4.98 Å². The summed E-state index contributed by atoms with van der Waals surface area (Å²) in [6.07, 6.45) is 1.47. The molecule has 0 saturated heterocycles. The van der Waals surface area contributed by atoms with Crippen LogP contribution in [0.1, 0.15) is 10.6 Å². The van der Waals surface area contributed by atoms with E-state index in [2.05, 4.69) is 15.2 Å². The van der Waals surface area contributed by atoms with Crippen LogP contribution in [0.2, 0.25) is 0 Å². The minimum atomic E-state index is -0.459. The molecule has 0 fully saturated rings. The highest BCUT2D eigenvalue weighted by Gasteiger charge is 2.08. The number of amidine groups is 1. The van der Waals surface area contributed by atoms with E-state index in [1.807, 2.05) is 18.2 Å². The zero-order valence-electron chi connectivity index (χ0n) is 13.1. The van der Waals surface area contributed by atoms with E-state index >= 15 is 0 Å². The van der Waals surface area contributed by atoms with Crippen LogP contribution in [0.15, 0.2) is 52.7 Å². The first kappa shape index (κ1) is 16.5. The molecule has 0 aliphatic heterocycles. The summed E-state index contributed by atoms with van der Waals surface area (Å²) in [5.41, 5.74) is 7.42. The highest BCUT2D eigenvalue weighted by atomic mass is 32.1. The van der Waals surface area contributed by atoms with E-state index < -0.39 is 4.92 Å². The second-order valence-electron chi connectivity index (χ2n) is 4.93. The Balaban J connectivity index is 1.77. The molecule has 2 aromatic carbocycles. The Morgan fingerprint density at radius 1 is 1.32 bits per heavy atom. The number of rotatable bonds is 5. The second kappa shape index (κ2) is 7.05. The van der Waals surface area contributed by atoms with Gasteiger partial charge >= 0.3 is 0 Å². The van der Waals surface area contributed by atoms with Crippen molar-refractivity contribution in [2.24, 2.45) is 15.9 Å². The van der Waals surface area contributed by atoms with Gasteiger partial charge in [-0.05, 0) is 35.9 Å². The first-order chi connectivity index (χ1) is 12.1. The van der Waals surface area contributed by atoms with Gasteiger partial charge in [-0.3, -0.25) is 10.1 Å². The fourth-order valence-corrected chi connectivity index (χ4v) is 2.92. The summed E-state index contributed by atoms with van der Waals surface area (Å²) in [6.45, 7) is 0. The fourth-order valence-electron chi connectivity index (χ4n) is 2.02. The Labute approximate surface area is 146 Å². The number of non-ortho nitro benzene ring substituents is 1. The highest BCUT2D eigenvalue weighted by molar-refractivity contribution is 7.20. The van der Waals surface area contributed by atoms with Crippen LogP contribution in [0, 0.1) is 10.1 Å². The van der Waals surface area contributed by atoms with E-state index in [-0.39, 0.29) is 11.5 Å². The van der Waals surface area contributed by atoms with Gasteiger partial charge in [0.1, 0.15) is 5.75 Å². The van der Waals surface area contributed by atoms with E-state index in [0.29, 0.717) is 10.6 Å². The molecule has 0 amide bonds. The molecule has 1 aromatic heterocycles. The van der Waals surface area contributed by atoms with Crippen LogP contribution in [-0.2, 0) is 0 Å². The number of benzene rings is 2. The average molecular weight is 355 g/mol. The Morgan fingerprint density at radius 2 is 2.08 bits per heavy atom. The number of nitro benzene ring substituents is 1. The molecule has 126 valence electrons. The van der Waals surface area contributed by atoms with Crippen molar-refractivity contribution in [2.75, 3.05) is 7.11 Å². The van der Waals surface area contributed by atoms with Gasteiger partial charge in [0.2, 0.25) is 0 Å². The number of nitro groups is 1. The van der Waals surface area contributed by atoms with Crippen molar-refractivity contribution in [1.29, 1.82) is 0 Å². The summed E-state index contributed by atoms with van der Waals surface area (Å²) in [5.74, 6) is 0.938. The summed E-state index contributed by atoms with van der Waals surface area (Å²) in [6, 6.07) is 11.5. The topological polar surface area (TPSA) is 116 Å². The monoisotopic (exact) mass is 355 g/mol. The number of nitrogens with two attached hydrogens (primary N) is 1. The van der Waals surface area contributed by atoms with E-state index in [1.165, 1.54) is 29.7 Å². The maximum Gasteiger partial charge on any atom is 0.269 e. The lowest BCUT2D eigenvalue weighted by Gasteiger charge is -1.96. The average Bonchev–Trinajstić information content (AvgIpc) is 3.05. The smallest absolute Gasteiger partial charge is 0.269 e. The third-order valence-electron chi connectivity index (χ3n) is 3.29. The van der Waals surface area contributed by atoms with E-state index in [9.17, 15) is 10.1 Å². The number of nitrogens with zero attached hydrogens (tertiary/aromatic N) is 4. The van der Waals surface area contributed by atoms with Gasteiger partial charge in [-0.2, -0.15) is 5.10 Å². The van der Waals surface area contributed by atoms with Gasteiger partial charge in [0.05, 0.1) is 28.5 Å². The number of fused-ring (bicyclic) bond motifs is 1. The summed E-state index contributed by atoms with van der Waals surface area (Å²) < 4.78 is 6.12. The van der Waals surface area contributed by atoms with Gasteiger partial charge in [0.25, 0.3) is 5.69 Å². The number of hydrogen-bond acceptors (Lipinski definition) is 7. The Hall–Kier alpha value is -3.33. The molecule has 0 saturated carbocycles. The van der Waals surface area contributed by atoms with Crippen molar-refractivity contribution in [3.05, 3.63) is 63.1 Å². The van der Waals surface area contributed by atoms with Crippen molar-refractivity contribution in [3.63, 3.8) is 0 Å². The van der Waals surface area contributed by atoms with Crippen molar-refractivity contribution >= 4 is 39.3 Å².